The van der Waals surface area contributed by atoms with Crippen molar-refractivity contribution in [3.63, 3.8) is 0 Å². The zero-order valence-electron chi connectivity index (χ0n) is 8.53. The summed E-state index contributed by atoms with van der Waals surface area (Å²) in [5, 5.41) is 3.22. The molecule has 1 unspecified atom stereocenters. The molecule has 0 spiro atoms. The molecule has 1 aliphatic rings. The van der Waals surface area contributed by atoms with Gasteiger partial charge in [-0.2, -0.15) is 0 Å². The summed E-state index contributed by atoms with van der Waals surface area (Å²) in [5.41, 5.74) is 0.892. The Morgan fingerprint density at radius 2 is 2.27 bits per heavy atom. The molecule has 0 aromatic heterocycles. The number of rotatable bonds is 3. The molecule has 0 radical (unpaired) electrons. The summed E-state index contributed by atoms with van der Waals surface area (Å²) < 4.78 is 10.1. The number of para-hydroxylation sites is 2. The molecule has 1 atom stereocenters. The Labute approximate surface area is 88.2 Å². The quantitative estimate of drug-likeness (QED) is 0.761. The fourth-order valence-electron chi connectivity index (χ4n) is 1.59. The fourth-order valence-corrected chi connectivity index (χ4v) is 1.59. The first-order valence-electron chi connectivity index (χ1n) is 4.85. The van der Waals surface area contributed by atoms with Crippen molar-refractivity contribution < 1.29 is 14.3 Å². The van der Waals surface area contributed by atoms with Gasteiger partial charge in [0, 0.05) is 0 Å². The number of hydrogen-bond donors (Lipinski definition) is 1. The van der Waals surface area contributed by atoms with Crippen molar-refractivity contribution in [2.75, 3.05) is 19.0 Å². The molecule has 1 fully saturated rings. The first-order valence-corrected chi connectivity index (χ1v) is 4.85. The third-order valence-electron chi connectivity index (χ3n) is 2.33. The van der Waals surface area contributed by atoms with Crippen molar-refractivity contribution in [2.45, 2.75) is 12.5 Å². The first kappa shape index (κ1) is 9.83. The maximum Gasteiger partial charge on any atom is 0.308 e. The highest BCUT2D eigenvalue weighted by Gasteiger charge is 2.23. The van der Waals surface area contributed by atoms with Crippen molar-refractivity contribution in [2.24, 2.45) is 0 Å². The lowest BCUT2D eigenvalue weighted by Crippen LogP contribution is -2.19. The second kappa shape index (κ2) is 4.21. The molecule has 0 saturated carbocycles. The van der Waals surface area contributed by atoms with Crippen LogP contribution in [0.15, 0.2) is 24.3 Å². The summed E-state index contributed by atoms with van der Waals surface area (Å²) in [6.07, 6.45) is 0.415. The largest absolute Gasteiger partial charge is 0.495 e. The van der Waals surface area contributed by atoms with E-state index in [0.29, 0.717) is 13.0 Å². The minimum absolute atomic E-state index is 0.0498. The van der Waals surface area contributed by atoms with Gasteiger partial charge in [0.15, 0.2) is 0 Å². The van der Waals surface area contributed by atoms with Gasteiger partial charge in [-0.3, -0.25) is 4.79 Å². The highest BCUT2D eigenvalue weighted by atomic mass is 16.5. The van der Waals surface area contributed by atoms with Gasteiger partial charge in [-0.1, -0.05) is 12.1 Å². The van der Waals surface area contributed by atoms with Crippen molar-refractivity contribution in [3.8, 4) is 5.75 Å². The maximum absolute atomic E-state index is 10.9. The molecule has 80 valence electrons. The zero-order valence-corrected chi connectivity index (χ0v) is 8.53. The Morgan fingerprint density at radius 1 is 1.47 bits per heavy atom. The monoisotopic (exact) mass is 207 g/mol. The van der Waals surface area contributed by atoms with Crippen LogP contribution < -0.4 is 10.1 Å². The second-order valence-corrected chi connectivity index (χ2v) is 3.43. The maximum atomic E-state index is 10.9. The van der Waals surface area contributed by atoms with Crippen LogP contribution in [0.4, 0.5) is 5.69 Å². The Balaban J connectivity index is 2.07. The van der Waals surface area contributed by atoms with E-state index in [1.54, 1.807) is 7.11 Å². The predicted octanol–water partition coefficient (Wildman–Crippen LogP) is 1.42. The van der Waals surface area contributed by atoms with E-state index in [1.165, 1.54) is 0 Å². The third-order valence-corrected chi connectivity index (χ3v) is 2.33. The average Bonchev–Trinajstić information content (AvgIpc) is 2.65. The number of esters is 1. The van der Waals surface area contributed by atoms with Crippen LogP contribution in [-0.2, 0) is 9.53 Å². The highest BCUT2D eigenvalue weighted by molar-refractivity contribution is 5.73. The molecule has 0 bridgehead atoms. The van der Waals surface area contributed by atoms with Crippen LogP contribution >= 0.6 is 0 Å². The predicted molar refractivity (Wildman–Crippen MR) is 56.0 cm³/mol. The Hall–Kier alpha value is -1.71. The van der Waals surface area contributed by atoms with Crippen LogP contribution in [0.25, 0.3) is 0 Å². The number of hydrogen-bond acceptors (Lipinski definition) is 4. The van der Waals surface area contributed by atoms with Crippen molar-refractivity contribution in [1.29, 1.82) is 0 Å². The van der Waals surface area contributed by atoms with Crippen LogP contribution in [-0.4, -0.2) is 25.7 Å². The average molecular weight is 207 g/mol. The van der Waals surface area contributed by atoms with E-state index < -0.39 is 0 Å². The van der Waals surface area contributed by atoms with Gasteiger partial charge < -0.3 is 14.8 Å². The van der Waals surface area contributed by atoms with Crippen LogP contribution in [0.2, 0.25) is 0 Å². The lowest BCUT2D eigenvalue weighted by atomic mass is 10.2. The number of carbonyl (C=O) groups is 1. The van der Waals surface area contributed by atoms with E-state index in [1.807, 2.05) is 24.3 Å². The number of ether oxygens (including phenoxy) is 2. The van der Waals surface area contributed by atoms with Gasteiger partial charge in [0.2, 0.25) is 0 Å². The van der Waals surface area contributed by atoms with Gasteiger partial charge in [-0.05, 0) is 12.1 Å². The van der Waals surface area contributed by atoms with Crippen LogP contribution in [0, 0.1) is 0 Å². The summed E-state index contributed by atoms with van der Waals surface area (Å²) in [7, 11) is 1.62. The number of cyclic esters (lactones) is 1. The third kappa shape index (κ3) is 2.21. The number of benzene rings is 1. The zero-order chi connectivity index (χ0) is 10.7. The summed E-state index contributed by atoms with van der Waals surface area (Å²) in [6.45, 7) is 0.427. The molecule has 0 amide bonds. The second-order valence-electron chi connectivity index (χ2n) is 3.43. The molecular formula is C11H13NO3. The van der Waals surface area contributed by atoms with Crippen molar-refractivity contribution in [1.82, 2.24) is 0 Å². The van der Waals surface area contributed by atoms with Gasteiger partial charge in [0.1, 0.15) is 12.4 Å². The topological polar surface area (TPSA) is 47.6 Å². The van der Waals surface area contributed by atoms with Gasteiger partial charge in [0.05, 0.1) is 25.3 Å². The Kier molecular flexibility index (Phi) is 2.76. The van der Waals surface area contributed by atoms with Gasteiger partial charge in [0.25, 0.3) is 0 Å². The molecule has 1 N–H and O–H groups in total. The molecule has 1 saturated heterocycles. The molecule has 4 nitrogen and oxygen atoms in total. The molecule has 4 heteroatoms. The van der Waals surface area contributed by atoms with E-state index in [-0.39, 0.29) is 12.0 Å². The standard InChI is InChI=1S/C11H13NO3/c1-14-10-5-3-2-4-9(10)12-8-6-11(13)15-7-8/h2-5,8,12H,6-7H2,1H3. The molecule has 1 heterocycles. The number of nitrogens with one attached hydrogen (secondary N) is 1. The molecular weight excluding hydrogens is 194 g/mol. The summed E-state index contributed by atoms with van der Waals surface area (Å²) >= 11 is 0. The van der Waals surface area contributed by atoms with E-state index >= 15 is 0 Å². The van der Waals surface area contributed by atoms with E-state index in [0.717, 1.165) is 11.4 Å². The number of carbonyl (C=O) groups excluding carboxylic acids is 1. The lowest BCUT2D eigenvalue weighted by Gasteiger charge is -2.13. The van der Waals surface area contributed by atoms with Crippen LogP contribution in [0.3, 0.4) is 0 Å². The lowest BCUT2D eigenvalue weighted by molar-refractivity contribution is -0.137. The van der Waals surface area contributed by atoms with E-state index in [9.17, 15) is 4.79 Å². The normalized spacial score (nSPS) is 19.8. The summed E-state index contributed by atoms with van der Waals surface area (Å²) in [5.74, 6) is 0.624. The smallest absolute Gasteiger partial charge is 0.308 e. The molecule has 1 aromatic rings. The molecule has 2 rings (SSSR count). The number of methoxy groups -OCH3 is 1. The van der Waals surface area contributed by atoms with Gasteiger partial charge in [-0.25, -0.2) is 0 Å². The Bertz CT molecular complexity index is 365. The van der Waals surface area contributed by atoms with E-state index in [2.05, 4.69) is 5.32 Å². The van der Waals surface area contributed by atoms with E-state index in [4.69, 9.17) is 9.47 Å². The van der Waals surface area contributed by atoms with Crippen LogP contribution in [0.1, 0.15) is 6.42 Å². The molecule has 1 aliphatic heterocycles. The molecule has 1 aromatic carbocycles. The molecule has 0 aliphatic carbocycles. The fraction of sp³-hybridized carbons (Fsp3) is 0.364. The summed E-state index contributed by atoms with van der Waals surface area (Å²) in [6, 6.07) is 7.67. The minimum Gasteiger partial charge on any atom is -0.495 e. The van der Waals surface area contributed by atoms with Gasteiger partial charge >= 0.3 is 5.97 Å². The minimum atomic E-state index is -0.151. The van der Waals surface area contributed by atoms with Crippen molar-refractivity contribution in [3.05, 3.63) is 24.3 Å². The van der Waals surface area contributed by atoms with Crippen molar-refractivity contribution >= 4 is 11.7 Å². The van der Waals surface area contributed by atoms with Gasteiger partial charge in [-0.15, -0.1) is 0 Å². The van der Waals surface area contributed by atoms with Crippen LogP contribution in [0.5, 0.6) is 5.75 Å². The Morgan fingerprint density at radius 3 is 2.93 bits per heavy atom. The molecule has 15 heavy (non-hydrogen) atoms. The SMILES string of the molecule is COc1ccccc1NC1COC(=O)C1. The first-order chi connectivity index (χ1) is 7.29. The number of anilines is 1. The summed E-state index contributed by atoms with van der Waals surface area (Å²) in [4.78, 5) is 10.9. The highest BCUT2D eigenvalue weighted by Crippen LogP contribution is 2.25.